The van der Waals surface area contributed by atoms with Gasteiger partial charge in [-0.05, 0) is 38.0 Å². The number of primary amides is 1. The molecule has 1 aromatic heterocycles. The topological polar surface area (TPSA) is 143 Å². The number of rotatable bonds is 13. The van der Waals surface area contributed by atoms with E-state index in [1.54, 1.807) is 13.8 Å². The van der Waals surface area contributed by atoms with Crippen molar-refractivity contribution in [3.8, 4) is 11.3 Å². The molecule has 206 valence electrons. The van der Waals surface area contributed by atoms with Gasteiger partial charge >= 0.3 is 12.1 Å². The summed E-state index contributed by atoms with van der Waals surface area (Å²) >= 11 is 0. The number of halogens is 3. The van der Waals surface area contributed by atoms with Crippen molar-refractivity contribution in [2.75, 3.05) is 6.61 Å². The van der Waals surface area contributed by atoms with Gasteiger partial charge in [0, 0.05) is 29.8 Å². The van der Waals surface area contributed by atoms with Gasteiger partial charge in [-0.25, -0.2) is 4.79 Å². The zero-order valence-electron chi connectivity index (χ0n) is 21.1. The monoisotopic (exact) mass is 536 g/mol. The second-order valence-corrected chi connectivity index (χ2v) is 8.37. The molecule has 1 heterocycles. The first kappa shape index (κ1) is 30.1. The summed E-state index contributed by atoms with van der Waals surface area (Å²) in [6, 6.07) is 5.92. The smallest absolute Gasteiger partial charge is 0.417 e. The molecular formula is C26H31F3N4O5. The average molecular weight is 537 g/mol. The number of ether oxygens (including phenoxy) is 1. The summed E-state index contributed by atoms with van der Waals surface area (Å²) in [5.74, 6) is -2.48. The molecule has 3 amide bonds. The number of esters is 1. The summed E-state index contributed by atoms with van der Waals surface area (Å²) in [6.45, 7) is 3.60. The fourth-order valence-corrected chi connectivity index (χ4v) is 3.63. The fraction of sp³-hybridized carbons (Fsp3) is 0.385. The molecule has 2 aromatic rings. The third-order valence-corrected chi connectivity index (χ3v) is 5.43. The van der Waals surface area contributed by atoms with E-state index in [9.17, 15) is 32.3 Å². The molecule has 0 radical (unpaired) electrons. The van der Waals surface area contributed by atoms with Crippen LogP contribution in [0.1, 0.15) is 55.6 Å². The SMILES string of the molecule is CCC[C@H](NC(=O)c1ccc(-c2ccccc2C(F)(F)F)[nH]1)C(=O)N[C@H](/C=C/C(=O)OCC)CCC(N)=O. The number of nitrogens with one attached hydrogen (secondary N) is 3. The Morgan fingerprint density at radius 1 is 1.05 bits per heavy atom. The Morgan fingerprint density at radius 2 is 1.76 bits per heavy atom. The highest BCUT2D eigenvalue weighted by Gasteiger charge is 2.33. The van der Waals surface area contributed by atoms with E-state index in [1.807, 2.05) is 0 Å². The molecular weight excluding hydrogens is 505 g/mol. The lowest BCUT2D eigenvalue weighted by atomic mass is 10.0. The highest BCUT2D eigenvalue weighted by molar-refractivity contribution is 5.97. The van der Waals surface area contributed by atoms with Crippen LogP contribution in [0.25, 0.3) is 11.3 Å². The molecule has 0 fully saturated rings. The van der Waals surface area contributed by atoms with Crippen molar-refractivity contribution in [3.63, 3.8) is 0 Å². The molecule has 0 bridgehead atoms. The number of H-pyrrole nitrogens is 1. The van der Waals surface area contributed by atoms with Crippen LogP contribution in [0.15, 0.2) is 48.6 Å². The van der Waals surface area contributed by atoms with Crippen LogP contribution in [-0.4, -0.2) is 47.4 Å². The molecule has 0 aliphatic heterocycles. The summed E-state index contributed by atoms with van der Waals surface area (Å²) < 4.78 is 45.0. The van der Waals surface area contributed by atoms with Gasteiger partial charge in [0.25, 0.3) is 5.91 Å². The summed E-state index contributed by atoms with van der Waals surface area (Å²) in [5.41, 5.74) is 4.29. The van der Waals surface area contributed by atoms with E-state index < -0.39 is 47.5 Å². The first-order valence-corrected chi connectivity index (χ1v) is 12.1. The minimum atomic E-state index is -4.58. The Balaban J connectivity index is 2.17. The molecule has 0 unspecified atom stereocenters. The minimum Gasteiger partial charge on any atom is -0.463 e. The molecule has 0 saturated carbocycles. The number of carbonyl (C=O) groups excluding carboxylic acids is 4. The molecule has 0 aliphatic rings. The largest absolute Gasteiger partial charge is 0.463 e. The highest BCUT2D eigenvalue weighted by Crippen LogP contribution is 2.36. The van der Waals surface area contributed by atoms with Gasteiger partial charge in [-0.15, -0.1) is 0 Å². The first-order chi connectivity index (χ1) is 18.0. The Hall–Kier alpha value is -4.09. The molecule has 2 atom stereocenters. The number of benzene rings is 1. The second kappa shape index (κ2) is 14.0. The summed E-state index contributed by atoms with van der Waals surface area (Å²) in [4.78, 5) is 51.4. The Bertz CT molecular complexity index is 1160. The molecule has 9 nitrogen and oxygen atoms in total. The predicted molar refractivity (Wildman–Crippen MR) is 134 cm³/mol. The van der Waals surface area contributed by atoms with Gasteiger partial charge < -0.3 is 26.1 Å². The number of carbonyl (C=O) groups is 4. The molecule has 12 heteroatoms. The van der Waals surface area contributed by atoms with Crippen molar-refractivity contribution >= 4 is 23.7 Å². The van der Waals surface area contributed by atoms with Crippen LogP contribution in [0.3, 0.4) is 0 Å². The van der Waals surface area contributed by atoms with E-state index in [-0.39, 0.29) is 42.8 Å². The quantitative estimate of drug-likeness (QED) is 0.229. The molecule has 0 spiro atoms. The Kier molecular flexibility index (Phi) is 11.1. The molecule has 5 N–H and O–H groups in total. The van der Waals surface area contributed by atoms with E-state index in [0.717, 1.165) is 12.1 Å². The summed E-state index contributed by atoms with van der Waals surface area (Å²) in [6.07, 6.45) is -1.25. The summed E-state index contributed by atoms with van der Waals surface area (Å²) in [5, 5.41) is 5.26. The third-order valence-electron chi connectivity index (χ3n) is 5.43. The van der Waals surface area contributed by atoms with Crippen molar-refractivity contribution in [3.05, 3.63) is 59.8 Å². The molecule has 0 saturated heterocycles. The Morgan fingerprint density at radius 3 is 2.39 bits per heavy atom. The average Bonchev–Trinajstić information content (AvgIpc) is 3.35. The number of amides is 3. The number of aromatic amines is 1. The van der Waals surface area contributed by atoms with Gasteiger partial charge in [0.1, 0.15) is 11.7 Å². The van der Waals surface area contributed by atoms with Crippen molar-refractivity contribution in [1.82, 2.24) is 15.6 Å². The van der Waals surface area contributed by atoms with Gasteiger partial charge in [0.2, 0.25) is 11.8 Å². The van der Waals surface area contributed by atoms with Crippen LogP contribution < -0.4 is 16.4 Å². The van der Waals surface area contributed by atoms with Crippen molar-refractivity contribution in [1.29, 1.82) is 0 Å². The fourth-order valence-electron chi connectivity index (χ4n) is 3.63. The lowest BCUT2D eigenvalue weighted by molar-refractivity contribution is -0.138. The molecule has 2 rings (SSSR count). The Labute approximate surface area is 218 Å². The first-order valence-electron chi connectivity index (χ1n) is 12.1. The van der Waals surface area contributed by atoms with Crippen LogP contribution in [0, 0.1) is 0 Å². The number of aromatic nitrogens is 1. The molecule has 0 aliphatic carbocycles. The van der Waals surface area contributed by atoms with Crippen LogP contribution in [0.5, 0.6) is 0 Å². The third kappa shape index (κ3) is 9.09. The van der Waals surface area contributed by atoms with Gasteiger partial charge in [0.15, 0.2) is 0 Å². The van der Waals surface area contributed by atoms with Gasteiger partial charge in [-0.1, -0.05) is 37.6 Å². The summed E-state index contributed by atoms with van der Waals surface area (Å²) in [7, 11) is 0. The molecule has 38 heavy (non-hydrogen) atoms. The lowest BCUT2D eigenvalue weighted by Gasteiger charge is -2.21. The standard InChI is InChI=1S/C26H31F3N4O5/c1-3-7-20(24(36)31-16(10-14-22(30)34)11-15-23(35)38-4-2)33-25(37)21-13-12-19(32-21)17-8-5-6-9-18(17)26(27,28)29/h5-6,8-9,11-13,15-16,20,32H,3-4,7,10,14H2,1-2H3,(H2,30,34)(H,31,36)(H,33,37)/b15-11+/t16-,20-/m0/s1. The lowest BCUT2D eigenvalue weighted by Crippen LogP contribution is -2.49. The molecule has 1 aromatic carbocycles. The maximum atomic E-state index is 13.4. The van der Waals surface area contributed by atoms with Crippen LogP contribution in [0.4, 0.5) is 13.2 Å². The van der Waals surface area contributed by atoms with E-state index >= 15 is 0 Å². The zero-order chi connectivity index (χ0) is 28.3. The van der Waals surface area contributed by atoms with Crippen LogP contribution >= 0.6 is 0 Å². The maximum Gasteiger partial charge on any atom is 0.417 e. The number of hydrogen-bond acceptors (Lipinski definition) is 5. The van der Waals surface area contributed by atoms with Crippen molar-refractivity contribution in [2.45, 2.75) is 57.8 Å². The number of hydrogen-bond donors (Lipinski definition) is 4. The highest BCUT2D eigenvalue weighted by atomic mass is 19.4. The number of nitrogens with two attached hydrogens (primary N) is 1. The maximum absolute atomic E-state index is 13.4. The van der Waals surface area contributed by atoms with Crippen molar-refractivity contribution in [2.24, 2.45) is 5.73 Å². The number of alkyl halides is 3. The van der Waals surface area contributed by atoms with E-state index in [2.05, 4.69) is 15.6 Å². The zero-order valence-corrected chi connectivity index (χ0v) is 21.1. The van der Waals surface area contributed by atoms with Crippen molar-refractivity contribution < 1.29 is 37.1 Å². The van der Waals surface area contributed by atoms with Gasteiger partial charge in [-0.2, -0.15) is 13.2 Å². The predicted octanol–water partition coefficient (Wildman–Crippen LogP) is 3.47. The van der Waals surface area contributed by atoms with Crippen LogP contribution in [-0.2, 0) is 25.3 Å². The minimum absolute atomic E-state index is 0.0293. The van der Waals surface area contributed by atoms with Gasteiger partial charge in [-0.3, -0.25) is 14.4 Å². The second-order valence-electron chi connectivity index (χ2n) is 8.37. The van der Waals surface area contributed by atoms with E-state index in [4.69, 9.17) is 10.5 Å². The van der Waals surface area contributed by atoms with Gasteiger partial charge in [0.05, 0.1) is 12.2 Å². The normalized spacial score (nSPS) is 13.1. The van der Waals surface area contributed by atoms with E-state index in [1.165, 1.54) is 36.4 Å². The van der Waals surface area contributed by atoms with Crippen LogP contribution in [0.2, 0.25) is 0 Å². The van der Waals surface area contributed by atoms with E-state index in [0.29, 0.717) is 6.42 Å².